The first kappa shape index (κ1) is 15.5. The monoisotopic (exact) mass is 345 g/mol. The number of carbonyl (C=O) groups is 2. The maximum Gasteiger partial charge on any atom is 0.221 e. The van der Waals surface area contributed by atoms with Crippen molar-refractivity contribution in [3.63, 3.8) is 0 Å². The Hall–Kier alpha value is -2.44. The van der Waals surface area contributed by atoms with Crippen LogP contribution in [0, 0.1) is 0 Å². The van der Waals surface area contributed by atoms with Crippen molar-refractivity contribution in [2.24, 2.45) is 0 Å². The Morgan fingerprint density at radius 3 is 3.00 bits per heavy atom. The number of nitrogens with zero attached hydrogens (tertiary/aromatic N) is 2. The molecule has 0 radical (unpaired) electrons. The van der Waals surface area contributed by atoms with Crippen molar-refractivity contribution in [2.75, 3.05) is 5.32 Å². The molecule has 1 aromatic carbocycles. The molecule has 0 saturated heterocycles. The van der Waals surface area contributed by atoms with E-state index in [0.717, 1.165) is 4.96 Å². The molecule has 0 aliphatic carbocycles. The number of anilines is 1. The molecule has 0 aliphatic heterocycles. The summed E-state index contributed by atoms with van der Waals surface area (Å²) in [5.74, 6) is -0.366. The zero-order chi connectivity index (χ0) is 16.4. The van der Waals surface area contributed by atoms with E-state index in [1.165, 1.54) is 24.3 Å². The van der Waals surface area contributed by atoms with Crippen LogP contribution in [0.1, 0.15) is 23.0 Å². The highest BCUT2D eigenvalue weighted by atomic mass is 35.5. The highest BCUT2D eigenvalue weighted by Crippen LogP contribution is 2.22. The Morgan fingerprint density at radius 2 is 2.22 bits per heavy atom. The quantitative estimate of drug-likeness (QED) is 0.576. The van der Waals surface area contributed by atoms with Gasteiger partial charge < -0.3 is 5.32 Å². The highest BCUT2D eigenvalue weighted by molar-refractivity contribution is 7.15. The predicted molar refractivity (Wildman–Crippen MR) is 92.2 cm³/mol. The number of carbonyl (C=O) groups excluding carboxylic acids is 2. The van der Waals surface area contributed by atoms with Crippen molar-refractivity contribution in [1.29, 1.82) is 0 Å². The van der Waals surface area contributed by atoms with E-state index >= 15 is 0 Å². The van der Waals surface area contributed by atoms with Crippen LogP contribution in [0.15, 0.2) is 41.9 Å². The van der Waals surface area contributed by atoms with Crippen molar-refractivity contribution in [1.82, 2.24) is 9.38 Å². The number of ketones is 1. The zero-order valence-corrected chi connectivity index (χ0v) is 13.7. The standard InChI is InChI=1S/C16H12ClN3O2S/c1-10(21)18-12-4-2-3-11(9-12)14(22)6-5-13-15(17)19-16-20(13)7-8-23-16/h2-9H,1H3,(H,18,21)/b6-5+. The summed E-state index contributed by atoms with van der Waals surface area (Å²) in [5.41, 5.74) is 1.73. The number of benzene rings is 1. The number of hydrogen-bond acceptors (Lipinski definition) is 4. The molecule has 0 spiro atoms. The summed E-state index contributed by atoms with van der Waals surface area (Å²) >= 11 is 7.55. The summed E-state index contributed by atoms with van der Waals surface area (Å²) < 4.78 is 1.82. The van der Waals surface area contributed by atoms with Crippen molar-refractivity contribution in [3.8, 4) is 0 Å². The number of hydrogen-bond donors (Lipinski definition) is 1. The molecule has 0 unspecified atom stereocenters. The molecule has 0 fully saturated rings. The van der Waals surface area contributed by atoms with Crippen molar-refractivity contribution in [3.05, 3.63) is 58.3 Å². The highest BCUT2D eigenvalue weighted by Gasteiger charge is 2.09. The van der Waals surface area contributed by atoms with E-state index in [2.05, 4.69) is 10.3 Å². The number of amides is 1. The summed E-state index contributed by atoms with van der Waals surface area (Å²) in [5, 5.41) is 4.90. The molecule has 23 heavy (non-hydrogen) atoms. The molecule has 3 rings (SSSR count). The second-order valence-electron chi connectivity index (χ2n) is 4.80. The molecule has 1 N–H and O–H groups in total. The Balaban J connectivity index is 1.85. The van der Waals surface area contributed by atoms with E-state index in [0.29, 0.717) is 22.1 Å². The van der Waals surface area contributed by atoms with E-state index in [-0.39, 0.29) is 11.7 Å². The van der Waals surface area contributed by atoms with Gasteiger partial charge in [0, 0.05) is 29.8 Å². The van der Waals surface area contributed by atoms with E-state index in [1.807, 2.05) is 16.0 Å². The summed E-state index contributed by atoms with van der Waals surface area (Å²) in [4.78, 5) is 28.4. The van der Waals surface area contributed by atoms with Gasteiger partial charge in [0.05, 0.1) is 5.69 Å². The molecule has 3 aromatic rings. The minimum atomic E-state index is -0.184. The third-order valence-electron chi connectivity index (χ3n) is 3.11. The molecule has 0 bridgehead atoms. The van der Waals surface area contributed by atoms with Crippen LogP contribution in [-0.2, 0) is 4.79 Å². The fourth-order valence-corrected chi connectivity index (χ4v) is 3.14. The molecule has 7 heteroatoms. The van der Waals surface area contributed by atoms with Crippen LogP contribution >= 0.6 is 22.9 Å². The zero-order valence-electron chi connectivity index (χ0n) is 12.1. The van der Waals surface area contributed by atoms with Crippen LogP contribution in [0.5, 0.6) is 0 Å². The summed E-state index contributed by atoms with van der Waals surface area (Å²) in [6.07, 6.45) is 4.93. The van der Waals surface area contributed by atoms with E-state index in [4.69, 9.17) is 11.6 Å². The van der Waals surface area contributed by atoms with E-state index in [9.17, 15) is 9.59 Å². The lowest BCUT2D eigenvalue weighted by molar-refractivity contribution is -0.114. The van der Waals surface area contributed by atoms with Crippen LogP contribution in [0.3, 0.4) is 0 Å². The van der Waals surface area contributed by atoms with Gasteiger partial charge >= 0.3 is 0 Å². The molecule has 1 amide bonds. The number of nitrogens with one attached hydrogen (secondary N) is 1. The van der Waals surface area contributed by atoms with E-state index in [1.54, 1.807) is 30.3 Å². The number of aromatic nitrogens is 2. The van der Waals surface area contributed by atoms with Gasteiger partial charge in [-0.15, -0.1) is 11.3 Å². The smallest absolute Gasteiger partial charge is 0.221 e. The van der Waals surface area contributed by atoms with Crippen LogP contribution in [0.2, 0.25) is 5.15 Å². The fourth-order valence-electron chi connectivity index (χ4n) is 2.13. The summed E-state index contributed by atoms with van der Waals surface area (Å²) in [7, 11) is 0. The van der Waals surface area contributed by atoms with Gasteiger partial charge in [0.25, 0.3) is 0 Å². The first-order chi connectivity index (χ1) is 11.0. The minimum Gasteiger partial charge on any atom is -0.326 e. The largest absolute Gasteiger partial charge is 0.326 e. The molecule has 116 valence electrons. The van der Waals surface area contributed by atoms with Gasteiger partial charge in [-0.3, -0.25) is 14.0 Å². The molecule has 0 saturated carbocycles. The lowest BCUT2D eigenvalue weighted by Gasteiger charge is -2.03. The van der Waals surface area contributed by atoms with Crippen LogP contribution < -0.4 is 5.32 Å². The Morgan fingerprint density at radius 1 is 1.39 bits per heavy atom. The van der Waals surface area contributed by atoms with Gasteiger partial charge in [-0.1, -0.05) is 23.7 Å². The van der Waals surface area contributed by atoms with Gasteiger partial charge in [0.2, 0.25) is 5.91 Å². The van der Waals surface area contributed by atoms with Crippen LogP contribution in [-0.4, -0.2) is 21.1 Å². The first-order valence-electron chi connectivity index (χ1n) is 6.76. The van der Waals surface area contributed by atoms with Crippen molar-refractivity contribution < 1.29 is 9.59 Å². The predicted octanol–water partition coefficient (Wildman–Crippen LogP) is 3.90. The maximum absolute atomic E-state index is 12.3. The second kappa shape index (κ2) is 6.36. The molecular weight excluding hydrogens is 334 g/mol. The Kier molecular flexibility index (Phi) is 4.27. The number of halogens is 1. The second-order valence-corrected chi connectivity index (χ2v) is 6.03. The average molecular weight is 346 g/mol. The van der Waals surface area contributed by atoms with Gasteiger partial charge in [-0.25, -0.2) is 4.98 Å². The van der Waals surface area contributed by atoms with Gasteiger partial charge in [-0.05, 0) is 24.3 Å². The molecular formula is C16H12ClN3O2S. The Labute approximate surface area is 141 Å². The fraction of sp³-hybridized carbons (Fsp3) is 0.0625. The van der Waals surface area contributed by atoms with Crippen molar-refractivity contribution >= 4 is 51.4 Å². The third kappa shape index (κ3) is 3.33. The Bertz CT molecular complexity index is 926. The molecule has 2 aromatic heterocycles. The van der Waals surface area contributed by atoms with Gasteiger partial charge in [-0.2, -0.15) is 0 Å². The molecule has 0 aliphatic rings. The normalized spacial score (nSPS) is 11.2. The summed E-state index contributed by atoms with van der Waals surface area (Å²) in [6, 6.07) is 6.77. The average Bonchev–Trinajstić information content (AvgIpc) is 3.05. The molecule has 2 heterocycles. The van der Waals surface area contributed by atoms with Crippen molar-refractivity contribution in [2.45, 2.75) is 6.92 Å². The molecule has 5 nitrogen and oxygen atoms in total. The molecule has 0 atom stereocenters. The lowest BCUT2D eigenvalue weighted by Crippen LogP contribution is -2.06. The van der Waals surface area contributed by atoms with Crippen LogP contribution in [0.4, 0.5) is 5.69 Å². The minimum absolute atomic E-state index is 0.182. The summed E-state index contributed by atoms with van der Waals surface area (Å²) in [6.45, 7) is 1.42. The number of imidazole rings is 1. The maximum atomic E-state index is 12.3. The SMILES string of the molecule is CC(=O)Nc1cccc(C(=O)/C=C/c2c(Cl)nc3sccn23)c1. The van der Waals surface area contributed by atoms with Gasteiger partial charge in [0.1, 0.15) is 0 Å². The van der Waals surface area contributed by atoms with Gasteiger partial charge in [0.15, 0.2) is 15.9 Å². The lowest BCUT2D eigenvalue weighted by atomic mass is 10.1. The number of thiazole rings is 1. The van der Waals surface area contributed by atoms with E-state index < -0.39 is 0 Å². The third-order valence-corrected chi connectivity index (χ3v) is 4.15. The number of fused-ring (bicyclic) bond motifs is 1. The number of allylic oxidation sites excluding steroid dienone is 1. The number of rotatable bonds is 4. The first-order valence-corrected chi connectivity index (χ1v) is 8.01. The topological polar surface area (TPSA) is 63.5 Å². The van der Waals surface area contributed by atoms with Crippen LogP contribution in [0.25, 0.3) is 11.0 Å².